The fourth-order valence-electron chi connectivity index (χ4n) is 2.43. The summed E-state index contributed by atoms with van der Waals surface area (Å²) >= 11 is 0. The first-order chi connectivity index (χ1) is 11.9. The van der Waals surface area contributed by atoms with E-state index >= 15 is 0 Å². The van der Waals surface area contributed by atoms with E-state index in [4.69, 9.17) is 0 Å². The SMILES string of the molecule is O=C(O)c1cc(-c2[nH]ccc2C(=O)O)nc(-c2[nH]ccc2C(=O)O)c1. The monoisotopic (exact) mass is 341 g/mol. The minimum atomic E-state index is -1.25. The minimum absolute atomic E-state index is 0.0724. The van der Waals surface area contributed by atoms with Crippen LogP contribution in [0.15, 0.2) is 36.7 Å². The van der Waals surface area contributed by atoms with E-state index in [0.29, 0.717) is 0 Å². The Labute approximate surface area is 139 Å². The summed E-state index contributed by atoms with van der Waals surface area (Å²) in [7, 11) is 0. The van der Waals surface area contributed by atoms with Crippen LogP contribution in [-0.2, 0) is 0 Å². The van der Waals surface area contributed by atoms with Crippen molar-refractivity contribution in [3.05, 3.63) is 53.3 Å². The summed E-state index contributed by atoms with van der Waals surface area (Å²) in [5, 5.41) is 27.7. The van der Waals surface area contributed by atoms with E-state index in [-0.39, 0.29) is 39.5 Å². The Hall–Kier alpha value is -3.88. The van der Waals surface area contributed by atoms with Gasteiger partial charge in [-0.2, -0.15) is 0 Å². The Morgan fingerprint density at radius 2 is 1.20 bits per heavy atom. The first kappa shape index (κ1) is 16.0. The third-order valence-electron chi connectivity index (χ3n) is 3.54. The van der Waals surface area contributed by atoms with Crippen LogP contribution in [0.1, 0.15) is 31.1 Å². The number of aromatic amines is 2. The van der Waals surface area contributed by atoms with Gasteiger partial charge in [0.1, 0.15) is 0 Å². The molecule has 0 aromatic carbocycles. The average Bonchev–Trinajstić information content (AvgIpc) is 3.23. The van der Waals surface area contributed by atoms with Gasteiger partial charge in [0, 0.05) is 12.4 Å². The molecule has 0 spiro atoms. The maximum atomic E-state index is 11.4. The van der Waals surface area contributed by atoms with Crippen molar-refractivity contribution in [2.75, 3.05) is 0 Å². The topological polar surface area (TPSA) is 156 Å². The molecule has 0 aliphatic rings. The van der Waals surface area contributed by atoms with Crippen molar-refractivity contribution in [3.63, 3.8) is 0 Å². The first-order valence-electron chi connectivity index (χ1n) is 6.96. The van der Waals surface area contributed by atoms with Gasteiger partial charge in [0.2, 0.25) is 0 Å². The number of rotatable bonds is 5. The zero-order valence-electron chi connectivity index (χ0n) is 12.5. The normalized spacial score (nSPS) is 10.6. The molecular formula is C16H11N3O6. The number of carboxylic acids is 3. The molecule has 0 saturated heterocycles. The van der Waals surface area contributed by atoms with Gasteiger partial charge in [-0.1, -0.05) is 0 Å². The van der Waals surface area contributed by atoms with Crippen LogP contribution in [0.4, 0.5) is 0 Å². The summed E-state index contributed by atoms with van der Waals surface area (Å²) in [6, 6.07) is 5.08. The van der Waals surface area contributed by atoms with E-state index in [0.717, 1.165) is 0 Å². The maximum absolute atomic E-state index is 11.4. The lowest BCUT2D eigenvalue weighted by Gasteiger charge is -2.07. The lowest BCUT2D eigenvalue weighted by molar-refractivity contribution is 0.0687. The highest BCUT2D eigenvalue weighted by Gasteiger charge is 2.20. The highest BCUT2D eigenvalue weighted by molar-refractivity contribution is 5.98. The highest BCUT2D eigenvalue weighted by atomic mass is 16.4. The van der Waals surface area contributed by atoms with Gasteiger partial charge >= 0.3 is 17.9 Å². The molecule has 0 atom stereocenters. The third-order valence-corrected chi connectivity index (χ3v) is 3.54. The van der Waals surface area contributed by atoms with Crippen molar-refractivity contribution in [2.45, 2.75) is 0 Å². The van der Waals surface area contributed by atoms with Gasteiger partial charge in [0.15, 0.2) is 0 Å². The summed E-state index contributed by atoms with van der Waals surface area (Å²) in [4.78, 5) is 43.6. The van der Waals surface area contributed by atoms with Crippen LogP contribution in [0.5, 0.6) is 0 Å². The smallest absolute Gasteiger partial charge is 0.337 e. The fraction of sp³-hybridized carbons (Fsp3) is 0. The number of nitrogens with zero attached hydrogens (tertiary/aromatic N) is 1. The molecule has 5 N–H and O–H groups in total. The number of hydrogen-bond donors (Lipinski definition) is 5. The van der Waals surface area contributed by atoms with Crippen molar-refractivity contribution in [1.29, 1.82) is 0 Å². The third kappa shape index (κ3) is 2.85. The zero-order chi connectivity index (χ0) is 18.1. The van der Waals surface area contributed by atoms with Crippen LogP contribution in [0.2, 0.25) is 0 Å². The van der Waals surface area contributed by atoms with Gasteiger partial charge in [-0.25, -0.2) is 19.4 Å². The molecule has 0 unspecified atom stereocenters. The van der Waals surface area contributed by atoms with Gasteiger partial charge in [0.25, 0.3) is 0 Å². The molecule has 25 heavy (non-hydrogen) atoms. The largest absolute Gasteiger partial charge is 0.478 e. The number of H-pyrrole nitrogens is 2. The molecule has 3 aromatic rings. The van der Waals surface area contributed by atoms with Gasteiger partial charge in [-0.15, -0.1) is 0 Å². The van der Waals surface area contributed by atoms with E-state index in [1.165, 1.54) is 36.7 Å². The maximum Gasteiger partial charge on any atom is 0.337 e. The molecule has 0 radical (unpaired) electrons. The second-order valence-corrected chi connectivity index (χ2v) is 5.07. The second kappa shape index (κ2) is 5.96. The molecule has 0 amide bonds. The summed E-state index contributed by atoms with van der Waals surface area (Å²) in [5.74, 6) is -3.66. The Bertz CT molecular complexity index is 930. The molecule has 9 heteroatoms. The number of carboxylic acid groups (broad SMARTS) is 3. The summed E-state index contributed by atoms with van der Waals surface area (Å²) in [6.07, 6.45) is 2.79. The highest BCUT2D eigenvalue weighted by Crippen LogP contribution is 2.27. The quantitative estimate of drug-likeness (QED) is 0.476. The Morgan fingerprint density at radius 1 is 0.760 bits per heavy atom. The number of hydrogen-bond acceptors (Lipinski definition) is 4. The van der Waals surface area contributed by atoms with Gasteiger partial charge in [-0.05, 0) is 24.3 Å². The number of pyridine rings is 1. The average molecular weight is 341 g/mol. The van der Waals surface area contributed by atoms with Gasteiger partial charge in [-0.3, -0.25) is 0 Å². The predicted octanol–water partition coefficient (Wildman–Crippen LogP) is 2.17. The Balaban J connectivity index is 2.24. The van der Waals surface area contributed by atoms with Crippen molar-refractivity contribution >= 4 is 17.9 Å². The lowest BCUT2D eigenvalue weighted by Crippen LogP contribution is -2.04. The molecular weight excluding hydrogens is 330 g/mol. The summed E-state index contributed by atoms with van der Waals surface area (Å²) < 4.78 is 0. The molecule has 126 valence electrons. The van der Waals surface area contributed by atoms with Crippen LogP contribution >= 0.6 is 0 Å². The molecule has 0 fully saturated rings. The second-order valence-electron chi connectivity index (χ2n) is 5.07. The number of aromatic carboxylic acids is 3. The molecule has 0 aliphatic heterocycles. The van der Waals surface area contributed by atoms with Crippen LogP contribution in [0.25, 0.3) is 22.8 Å². The molecule has 3 rings (SSSR count). The van der Waals surface area contributed by atoms with Crippen LogP contribution < -0.4 is 0 Å². The molecule has 9 nitrogen and oxygen atoms in total. The van der Waals surface area contributed by atoms with E-state index in [1.54, 1.807) is 0 Å². The van der Waals surface area contributed by atoms with E-state index in [1.807, 2.05) is 0 Å². The van der Waals surface area contributed by atoms with Gasteiger partial charge in [0.05, 0.1) is 39.5 Å². The van der Waals surface area contributed by atoms with Gasteiger partial charge < -0.3 is 25.3 Å². The molecule has 0 saturated carbocycles. The zero-order valence-corrected chi connectivity index (χ0v) is 12.5. The molecule has 3 heterocycles. The van der Waals surface area contributed by atoms with Crippen molar-refractivity contribution in [2.24, 2.45) is 0 Å². The van der Waals surface area contributed by atoms with E-state index < -0.39 is 17.9 Å². The van der Waals surface area contributed by atoms with E-state index in [9.17, 15) is 29.7 Å². The fourth-order valence-corrected chi connectivity index (χ4v) is 2.43. The standard InChI is InChI=1S/C16H11N3O6/c20-14(21)7-5-10(12-8(15(22)23)1-3-17-12)19-11(6-7)13-9(16(24)25)2-4-18-13/h1-6,17-18H,(H,20,21)(H,22,23)(H,24,25). The molecule has 3 aromatic heterocycles. The molecule has 0 bridgehead atoms. The predicted molar refractivity (Wildman–Crippen MR) is 84.7 cm³/mol. The Morgan fingerprint density at radius 3 is 1.56 bits per heavy atom. The number of aromatic nitrogens is 3. The lowest BCUT2D eigenvalue weighted by atomic mass is 10.1. The van der Waals surface area contributed by atoms with Crippen LogP contribution in [0.3, 0.4) is 0 Å². The Kier molecular flexibility index (Phi) is 3.82. The van der Waals surface area contributed by atoms with Crippen molar-refractivity contribution in [3.8, 4) is 22.8 Å². The number of carbonyl (C=O) groups is 3. The minimum Gasteiger partial charge on any atom is -0.478 e. The molecule has 0 aliphatic carbocycles. The van der Waals surface area contributed by atoms with Crippen molar-refractivity contribution < 1.29 is 29.7 Å². The first-order valence-corrected chi connectivity index (χ1v) is 6.96. The number of nitrogens with one attached hydrogen (secondary N) is 2. The summed E-state index contributed by atoms with van der Waals surface area (Å²) in [6.45, 7) is 0. The van der Waals surface area contributed by atoms with Crippen LogP contribution in [-0.4, -0.2) is 48.2 Å². The van der Waals surface area contributed by atoms with E-state index in [2.05, 4.69) is 15.0 Å². The van der Waals surface area contributed by atoms with Crippen molar-refractivity contribution in [1.82, 2.24) is 15.0 Å². The summed E-state index contributed by atoms with van der Waals surface area (Å²) in [5.41, 5.74) is 0.0841. The van der Waals surface area contributed by atoms with Crippen LogP contribution in [0, 0.1) is 0 Å².